The van der Waals surface area contributed by atoms with Gasteiger partial charge in [-0.25, -0.2) is 14.4 Å². The normalized spacial score (nSPS) is 8.62. The summed E-state index contributed by atoms with van der Waals surface area (Å²) in [5.41, 5.74) is -0.201. The summed E-state index contributed by atoms with van der Waals surface area (Å²) in [6.45, 7) is 0. The van der Waals surface area contributed by atoms with E-state index in [1.165, 1.54) is 36.4 Å². The van der Waals surface area contributed by atoms with Crippen molar-refractivity contribution in [1.82, 2.24) is 0 Å². The van der Waals surface area contributed by atoms with E-state index >= 15 is 0 Å². The molecule has 0 saturated heterocycles. The van der Waals surface area contributed by atoms with Gasteiger partial charge in [-0.15, -0.1) is 0 Å². The molecule has 171 valence electrons. The van der Waals surface area contributed by atoms with E-state index in [1.54, 1.807) is 36.4 Å². The summed E-state index contributed by atoms with van der Waals surface area (Å²) in [6, 6.07) is 17.4. The van der Waals surface area contributed by atoms with Gasteiger partial charge >= 0.3 is 17.9 Å². The molecule has 0 fully saturated rings. The molecule has 3 aromatic rings. The molecular formula is C21H20AmO10. The summed E-state index contributed by atoms with van der Waals surface area (Å²) in [7, 11) is 0. The van der Waals surface area contributed by atoms with Crippen molar-refractivity contribution in [2.75, 3.05) is 0 Å². The molecule has 0 aliphatic rings. The van der Waals surface area contributed by atoms with Gasteiger partial charge in [0.05, 0.1) is 0 Å². The molecule has 0 aromatic heterocycles. The third-order valence-corrected chi connectivity index (χ3v) is 3.40. The van der Waals surface area contributed by atoms with E-state index in [2.05, 4.69) is 0 Å². The van der Waals surface area contributed by atoms with Crippen LogP contribution in [0.25, 0.3) is 0 Å². The van der Waals surface area contributed by atoms with Crippen LogP contribution in [0.5, 0.6) is 17.2 Å². The molecule has 0 atom stereocenters. The van der Waals surface area contributed by atoms with Crippen LogP contribution in [0.1, 0.15) is 31.1 Å². The number of carboxylic acid groups (broad SMARTS) is 3. The van der Waals surface area contributed by atoms with E-state index in [1.807, 2.05) is 0 Å². The summed E-state index contributed by atoms with van der Waals surface area (Å²) in [5, 5.41) is 51.9. The Hall–Kier alpha value is -4.18. The van der Waals surface area contributed by atoms with Crippen molar-refractivity contribution in [2.45, 2.75) is 0 Å². The van der Waals surface area contributed by atoms with Crippen LogP contribution in [-0.4, -0.2) is 54.0 Å². The zero-order chi connectivity index (χ0) is 22.7. The quantitative estimate of drug-likeness (QED) is 0.241. The number of para-hydroxylation sites is 3. The smallest absolute Gasteiger partial charge is 0.339 e. The molecule has 0 amide bonds. The number of carbonyl (C=O) groups is 3. The zero-order valence-electron chi connectivity index (χ0n) is 16.2. The number of aromatic hydroxyl groups is 3. The van der Waals surface area contributed by atoms with E-state index in [0.29, 0.717) is 0 Å². The van der Waals surface area contributed by atoms with Gasteiger partial charge in [0.25, 0.3) is 0 Å². The number of benzene rings is 3. The number of phenols is 3. The fourth-order valence-corrected chi connectivity index (χ4v) is 1.96. The van der Waals surface area contributed by atoms with Crippen LogP contribution in [0.4, 0.5) is 0 Å². The van der Waals surface area contributed by atoms with Crippen molar-refractivity contribution in [3.63, 3.8) is 0 Å². The van der Waals surface area contributed by atoms with Gasteiger partial charge in [0, 0.05) is 14.3 Å². The monoisotopic (exact) mass is 673 g/mol. The second-order valence-corrected chi connectivity index (χ2v) is 5.47. The SMILES string of the molecule is O.O=C(O)c1ccccc1O.O=C(O)c1ccccc1O.O=C(O)c1ccccc1O.[Am]. The third-order valence-electron chi connectivity index (χ3n) is 3.40. The Morgan fingerprint density at radius 1 is 0.469 bits per heavy atom. The maximum absolute atomic E-state index is 10.3. The predicted octanol–water partition coefficient (Wildman–Crippen LogP) is 2.45. The van der Waals surface area contributed by atoms with Crippen molar-refractivity contribution < 1.29 is 64.8 Å². The first-order valence-corrected chi connectivity index (χ1v) is 8.19. The number of hydrogen-bond acceptors (Lipinski definition) is 6. The van der Waals surface area contributed by atoms with Crippen LogP contribution < -0.4 is 0 Å². The van der Waals surface area contributed by atoms with E-state index in [4.69, 9.17) is 30.6 Å². The van der Waals surface area contributed by atoms with Gasteiger partial charge in [0.15, 0.2) is 0 Å². The van der Waals surface area contributed by atoms with Gasteiger partial charge in [-0.1, -0.05) is 36.4 Å². The molecule has 0 saturated carbocycles. The van der Waals surface area contributed by atoms with E-state index in [9.17, 15) is 14.4 Å². The minimum Gasteiger partial charge on any atom is -0.507 e. The molecule has 8 N–H and O–H groups in total. The Morgan fingerprint density at radius 2 is 0.656 bits per heavy atom. The molecule has 32 heavy (non-hydrogen) atoms. The Labute approximate surface area is 189 Å². The maximum atomic E-state index is 10.3. The molecule has 3 rings (SSSR count). The summed E-state index contributed by atoms with van der Waals surface area (Å²) in [6.07, 6.45) is 0. The molecular weight excluding hydrogens is 655 g/mol. The Balaban J connectivity index is 0. The van der Waals surface area contributed by atoms with Gasteiger partial charge in [0.1, 0.15) is 33.9 Å². The number of hydrogen-bond donors (Lipinski definition) is 6. The first-order chi connectivity index (χ1) is 14.1. The summed E-state index contributed by atoms with van der Waals surface area (Å²) in [4.78, 5) is 30.8. The van der Waals surface area contributed by atoms with Crippen molar-refractivity contribution in [3.05, 3.63) is 89.5 Å². The first kappa shape index (κ1) is 30.0. The Bertz CT molecular complexity index is 904. The van der Waals surface area contributed by atoms with Crippen molar-refractivity contribution in [1.29, 1.82) is 0 Å². The minimum atomic E-state index is -1.11. The molecule has 0 aliphatic heterocycles. The van der Waals surface area contributed by atoms with E-state index in [0.717, 1.165) is 0 Å². The summed E-state index contributed by atoms with van der Waals surface area (Å²) < 4.78 is 0. The fraction of sp³-hybridized carbons (Fsp3) is 0. The molecule has 0 heterocycles. The number of aromatic carboxylic acids is 3. The van der Waals surface area contributed by atoms with Gasteiger partial charge in [0.2, 0.25) is 0 Å². The van der Waals surface area contributed by atoms with Crippen LogP contribution in [-0.2, 0) is 0 Å². The standard InChI is InChI=1S/3C7H6O3.Am.H2O/c3*8-6-4-2-1-3-5(6)7(9)10;;/h3*1-4,8H,(H,9,10);;1H2. The Kier molecular flexibility index (Phi) is 13.8. The van der Waals surface area contributed by atoms with Crippen LogP contribution in [0.3, 0.4) is 0 Å². The van der Waals surface area contributed by atoms with Crippen LogP contribution in [0.2, 0.25) is 0 Å². The topological polar surface area (TPSA) is 204 Å². The van der Waals surface area contributed by atoms with Gasteiger partial charge < -0.3 is 36.1 Å². The predicted molar refractivity (Wildman–Crippen MR) is 109 cm³/mol. The average molecular weight is 675 g/mol. The van der Waals surface area contributed by atoms with Crippen molar-refractivity contribution in [2.24, 2.45) is 0 Å². The largest absolute Gasteiger partial charge is 0.507 e. The van der Waals surface area contributed by atoms with Gasteiger partial charge in [-0.05, 0) is 36.4 Å². The van der Waals surface area contributed by atoms with Crippen molar-refractivity contribution in [3.8, 4) is 17.2 Å². The third kappa shape index (κ3) is 9.55. The number of carboxylic acids is 3. The fourth-order valence-electron chi connectivity index (χ4n) is 1.96. The second kappa shape index (κ2) is 14.7. The zero-order valence-corrected chi connectivity index (χ0v) is 19.4. The van der Waals surface area contributed by atoms with E-state index in [-0.39, 0.29) is 53.7 Å². The van der Waals surface area contributed by atoms with E-state index < -0.39 is 17.9 Å². The summed E-state index contributed by atoms with van der Waals surface area (Å²) in [5.74, 6) is -3.94. The average Bonchev–Trinajstić information content (AvgIpc) is 2.69. The van der Waals surface area contributed by atoms with Crippen LogP contribution >= 0.6 is 0 Å². The molecule has 3 aromatic carbocycles. The molecule has 11 heteroatoms. The molecule has 0 unspecified atom stereocenters. The molecule has 0 bridgehead atoms. The number of rotatable bonds is 3. The van der Waals surface area contributed by atoms with Gasteiger partial charge in [-0.2, -0.15) is 0 Å². The second-order valence-electron chi connectivity index (χ2n) is 5.47. The molecule has 0 aliphatic carbocycles. The molecule has 0 spiro atoms. The van der Waals surface area contributed by atoms with Crippen LogP contribution in [0.15, 0.2) is 72.8 Å². The minimum absolute atomic E-state index is 0. The molecule has 1 radical (unpaired) electrons. The first-order valence-electron chi connectivity index (χ1n) is 8.19. The maximum Gasteiger partial charge on any atom is 0.339 e. The molecule has 10 nitrogen and oxygen atoms in total. The van der Waals surface area contributed by atoms with Crippen molar-refractivity contribution >= 4 is 17.9 Å². The Morgan fingerprint density at radius 3 is 0.781 bits per heavy atom. The van der Waals surface area contributed by atoms with Crippen LogP contribution in [0, 0.1) is 14.3 Å². The summed E-state index contributed by atoms with van der Waals surface area (Å²) >= 11 is 0. The van der Waals surface area contributed by atoms with Gasteiger partial charge in [-0.3, -0.25) is 0 Å².